The van der Waals surface area contributed by atoms with Crippen LogP contribution in [0.5, 0.6) is 0 Å². The van der Waals surface area contributed by atoms with Gasteiger partial charge in [-0.3, -0.25) is 9.59 Å². The number of carbonyl (C=O) groups is 3. The van der Waals surface area contributed by atoms with Gasteiger partial charge < -0.3 is 10.4 Å². The van der Waals surface area contributed by atoms with Gasteiger partial charge >= 0.3 is 5.97 Å². The fraction of sp³-hybridized carbons (Fsp3) is 0.438. The molecule has 0 aliphatic rings. The molecule has 114 valence electrons. The van der Waals surface area contributed by atoms with E-state index in [-0.39, 0.29) is 11.7 Å². The van der Waals surface area contributed by atoms with E-state index < -0.39 is 17.9 Å². The fourth-order valence-corrected chi connectivity index (χ4v) is 2.05. The molecule has 0 aliphatic heterocycles. The second-order valence-electron chi connectivity index (χ2n) is 5.26. The zero-order valence-corrected chi connectivity index (χ0v) is 12.8. The number of benzene rings is 1. The van der Waals surface area contributed by atoms with E-state index in [0.717, 1.165) is 5.56 Å². The van der Waals surface area contributed by atoms with Crippen LogP contribution in [0.4, 0.5) is 0 Å². The number of ketones is 1. The highest BCUT2D eigenvalue weighted by atomic mass is 16.4. The van der Waals surface area contributed by atoms with Crippen molar-refractivity contribution in [3.8, 4) is 0 Å². The molecule has 1 amide bonds. The highest BCUT2D eigenvalue weighted by Gasteiger charge is 2.25. The van der Waals surface area contributed by atoms with Crippen molar-refractivity contribution < 1.29 is 19.5 Å². The topological polar surface area (TPSA) is 83.5 Å². The number of carboxylic acids is 1. The van der Waals surface area contributed by atoms with Crippen molar-refractivity contribution >= 4 is 17.7 Å². The molecule has 0 aromatic heterocycles. The Morgan fingerprint density at radius 2 is 1.90 bits per heavy atom. The molecule has 5 nitrogen and oxygen atoms in total. The summed E-state index contributed by atoms with van der Waals surface area (Å²) in [6.07, 6.45) is 0.643. The van der Waals surface area contributed by atoms with Crippen LogP contribution in [-0.4, -0.2) is 28.8 Å². The van der Waals surface area contributed by atoms with E-state index in [1.807, 2.05) is 6.92 Å². The lowest BCUT2D eigenvalue weighted by Gasteiger charge is -2.20. The van der Waals surface area contributed by atoms with Gasteiger partial charge in [-0.05, 0) is 37.5 Å². The molecule has 0 aliphatic carbocycles. The molecule has 2 N–H and O–H groups in total. The number of Topliss-reactive ketones (excluding diaryl/α,β-unsaturated/α-hetero) is 1. The summed E-state index contributed by atoms with van der Waals surface area (Å²) in [7, 11) is 0. The molecule has 1 aromatic carbocycles. The molecular weight excluding hydrogens is 270 g/mol. The molecular formula is C16H21NO4. The number of rotatable bonds is 6. The molecule has 2 atom stereocenters. The Hall–Kier alpha value is -2.17. The lowest BCUT2D eigenvalue weighted by molar-refractivity contribution is -0.140. The first-order chi connectivity index (χ1) is 9.77. The van der Waals surface area contributed by atoms with E-state index in [2.05, 4.69) is 5.32 Å². The van der Waals surface area contributed by atoms with Gasteiger partial charge in [-0.15, -0.1) is 0 Å². The minimum absolute atomic E-state index is 0.126. The lowest BCUT2D eigenvalue weighted by Crippen LogP contribution is -2.45. The summed E-state index contributed by atoms with van der Waals surface area (Å²) >= 11 is 0. The standard InChI is InChI=1S/C16H21NO4/c1-5-9(2)14(16(20)21)17-15(19)12-7-6-10(3)13(8-12)11(4)18/h6-9,14H,5H2,1-4H3,(H,17,19)(H,20,21)/t9-,14-/m0/s1. The number of nitrogens with one attached hydrogen (secondary N) is 1. The summed E-state index contributed by atoms with van der Waals surface area (Å²) in [6, 6.07) is 3.84. The van der Waals surface area contributed by atoms with Crippen LogP contribution >= 0.6 is 0 Å². The Bertz CT molecular complexity index is 565. The van der Waals surface area contributed by atoms with E-state index in [1.54, 1.807) is 26.0 Å². The monoisotopic (exact) mass is 291 g/mol. The maximum atomic E-state index is 12.2. The highest BCUT2D eigenvalue weighted by Crippen LogP contribution is 2.14. The Balaban J connectivity index is 3.00. The number of amides is 1. The summed E-state index contributed by atoms with van der Waals surface area (Å²) in [5.74, 6) is -1.84. The number of aryl methyl sites for hydroxylation is 1. The number of carboxylic acid groups (broad SMARTS) is 1. The van der Waals surface area contributed by atoms with Crippen LogP contribution in [0.3, 0.4) is 0 Å². The quantitative estimate of drug-likeness (QED) is 0.788. The summed E-state index contributed by atoms with van der Waals surface area (Å²) in [5, 5.41) is 11.7. The first-order valence-electron chi connectivity index (χ1n) is 6.93. The largest absolute Gasteiger partial charge is 0.480 e. The average molecular weight is 291 g/mol. The van der Waals surface area contributed by atoms with Gasteiger partial charge in [-0.25, -0.2) is 4.79 Å². The predicted molar refractivity (Wildman–Crippen MR) is 79.5 cm³/mol. The van der Waals surface area contributed by atoms with Crippen molar-refractivity contribution in [2.75, 3.05) is 0 Å². The van der Waals surface area contributed by atoms with Crippen LogP contribution in [0.25, 0.3) is 0 Å². The maximum absolute atomic E-state index is 12.2. The predicted octanol–water partition coefficient (Wildman–Crippen LogP) is 2.43. The van der Waals surface area contributed by atoms with Gasteiger partial charge in [-0.2, -0.15) is 0 Å². The normalized spacial score (nSPS) is 13.3. The summed E-state index contributed by atoms with van der Waals surface area (Å²) in [6.45, 7) is 6.86. The molecule has 1 aromatic rings. The van der Waals surface area contributed by atoms with Crippen LogP contribution in [0.15, 0.2) is 18.2 Å². The fourth-order valence-electron chi connectivity index (χ4n) is 2.05. The average Bonchev–Trinajstić information content (AvgIpc) is 2.43. The minimum atomic E-state index is -1.06. The number of hydrogen-bond donors (Lipinski definition) is 2. The molecule has 0 saturated carbocycles. The van der Waals surface area contributed by atoms with Crippen LogP contribution in [0.2, 0.25) is 0 Å². The van der Waals surface area contributed by atoms with Gasteiger partial charge in [0.2, 0.25) is 0 Å². The van der Waals surface area contributed by atoms with Gasteiger partial charge in [0, 0.05) is 11.1 Å². The zero-order chi connectivity index (χ0) is 16.2. The Morgan fingerprint density at radius 3 is 2.38 bits per heavy atom. The minimum Gasteiger partial charge on any atom is -0.480 e. The SMILES string of the molecule is CC[C@H](C)[C@H](NC(=O)c1ccc(C)c(C(C)=O)c1)C(=O)O. The Labute approximate surface area is 124 Å². The Morgan fingerprint density at radius 1 is 1.29 bits per heavy atom. The van der Waals surface area contributed by atoms with Gasteiger partial charge in [0.25, 0.3) is 5.91 Å². The van der Waals surface area contributed by atoms with Crippen LogP contribution < -0.4 is 5.32 Å². The van der Waals surface area contributed by atoms with Crippen LogP contribution in [0, 0.1) is 12.8 Å². The van der Waals surface area contributed by atoms with Crippen molar-refractivity contribution in [1.29, 1.82) is 0 Å². The zero-order valence-electron chi connectivity index (χ0n) is 12.8. The highest BCUT2D eigenvalue weighted by molar-refractivity contribution is 6.01. The van der Waals surface area contributed by atoms with Crippen molar-refractivity contribution in [1.82, 2.24) is 5.32 Å². The molecule has 0 unspecified atom stereocenters. The third-order valence-corrected chi connectivity index (χ3v) is 3.64. The number of carbonyl (C=O) groups excluding carboxylic acids is 2. The van der Waals surface area contributed by atoms with Crippen LogP contribution in [-0.2, 0) is 4.79 Å². The lowest BCUT2D eigenvalue weighted by atomic mass is 9.98. The molecule has 5 heteroatoms. The van der Waals surface area contributed by atoms with Gasteiger partial charge in [0.15, 0.2) is 5.78 Å². The molecule has 0 radical (unpaired) electrons. The maximum Gasteiger partial charge on any atom is 0.326 e. The van der Waals surface area contributed by atoms with E-state index in [0.29, 0.717) is 17.5 Å². The van der Waals surface area contributed by atoms with Crippen molar-refractivity contribution in [3.63, 3.8) is 0 Å². The first kappa shape index (κ1) is 16.9. The van der Waals surface area contributed by atoms with Crippen molar-refractivity contribution in [2.24, 2.45) is 5.92 Å². The van der Waals surface area contributed by atoms with E-state index in [4.69, 9.17) is 0 Å². The van der Waals surface area contributed by atoms with Gasteiger partial charge in [-0.1, -0.05) is 26.3 Å². The van der Waals surface area contributed by atoms with Crippen LogP contribution in [0.1, 0.15) is 53.5 Å². The third kappa shape index (κ3) is 4.15. The molecule has 0 bridgehead atoms. The number of hydrogen-bond acceptors (Lipinski definition) is 3. The van der Waals surface area contributed by atoms with Gasteiger partial charge in [0.05, 0.1) is 0 Å². The third-order valence-electron chi connectivity index (χ3n) is 3.64. The second kappa shape index (κ2) is 7.02. The van der Waals surface area contributed by atoms with Crippen molar-refractivity contribution in [3.05, 3.63) is 34.9 Å². The summed E-state index contributed by atoms with van der Waals surface area (Å²) in [5.41, 5.74) is 1.55. The van der Waals surface area contributed by atoms with E-state index >= 15 is 0 Å². The molecule has 0 saturated heterocycles. The summed E-state index contributed by atoms with van der Waals surface area (Å²) in [4.78, 5) is 34.9. The van der Waals surface area contributed by atoms with E-state index in [1.165, 1.54) is 13.0 Å². The molecule has 0 heterocycles. The molecule has 0 fully saturated rings. The number of aliphatic carboxylic acids is 1. The van der Waals surface area contributed by atoms with E-state index in [9.17, 15) is 19.5 Å². The molecule has 0 spiro atoms. The first-order valence-corrected chi connectivity index (χ1v) is 6.93. The molecule has 1 rings (SSSR count). The smallest absolute Gasteiger partial charge is 0.326 e. The second-order valence-corrected chi connectivity index (χ2v) is 5.26. The van der Waals surface area contributed by atoms with Gasteiger partial charge in [0.1, 0.15) is 6.04 Å². The summed E-state index contributed by atoms with van der Waals surface area (Å²) < 4.78 is 0. The van der Waals surface area contributed by atoms with Crippen molar-refractivity contribution in [2.45, 2.75) is 40.2 Å². The Kier molecular flexibility index (Phi) is 5.64. The molecule has 21 heavy (non-hydrogen) atoms.